The molecule has 148 valence electrons. The maximum atomic E-state index is 6.11. The first-order valence-corrected chi connectivity index (χ1v) is 10.8. The second kappa shape index (κ2) is 5.65. The molecule has 0 aliphatic rings. The molecule has 0 atom stereocenters. The minimum absolute atomic E-state index is 0.825. The van der Waals surface area contributed by atoms with Crippen LogP contribution in [0.3, 0.4) is 0 Å². The minimum Gasteiger partial charge on any atom is -0.454 e. The second-order valence-electron chi connectivity index (χ2n) is 8.45. The second-order valence-corrected chi connectivity index (χ2v) is 8.45. The molecule has 8 rings (SSSR count). The molecule has 0 unspecified atom stereocenters. The van der Waals surface area contributed by atoms with Crippen LogP contribution in [0.4, 0.5) is 0 Å². The molecule has 0 saturated carbocycles. The van der Waals surface area contributed by atoms with Gasteiger partial charge in [-0.25, -0.2) is 0 Å². The van der Waals surface area contributed by atoms with E-state index < -0.39 is 0 Å². The molecule has 32 heavy (non-hydrogen) atoms. The third kappa shape index (κ3) is 1.94. The van der Waals surface area contributed by atoms with Gasteiger partial charge < -0.3 is 8.82 Å². The van der Waals surface area contributed by atoms with Gasteiger partial charge in [-0.3, -0.25) is 4.98 Å². The van der Waals surface area contributed by atoms with E-state index in [1.54, 1.807) is 0 Å². The fourth-order valence-corrected chi connectivity index (χ4v) is 5.39. The van der Waals surface area contributed by atoms with Gasteiger partial charge in [-0.05, 0) is 59.7 Å². The summed E-state index contributed by atoms with van der Waals surface area (Å²) in [5.41, 5.74) is 8.76. The Labute approximate surface area is 182 Å². The molecule has 0 fully saturated rings. The topological polar surface area (TPSA) is 30.4 Å². The molecule has 4 heterocycles. The summed E-state index contributed by atoms with van der Waals surface area (Å²) >= 11 is 0. The normalized spacial score (nSPS) is 12.4. The third-order valence-electron chi connectivity index (χ3n) is 6.76. The number of para-hydroxylation sites is 2. The summed E-state index contributed by atoms with van der Waals surface area (Å²) in [6, 6.07) is 32.4. The Morgan fingerprint density at radius 3 is 2.03 bits per heavy atom. The van der Waals surface area contributed by atoms with Crippen molar-refractivity contribution < 1.29 is 4.42 Å². The number of furan rings is 1. The van der Waals surface area contributed by atoms with Crippen LogP contribution in [-0.4, -0.2) is 9.38 Å². The molecule has 0 N–H and O–H groups in total. The Hall–Kier alpha value is -4.37. The Balaban J connectivity index is 1.51. The standard InChI is InChI=1S/C29H16N2O/c1-3-8-24-19(6-1)22-14-18(15-23-20-7-2-4-9-25(20)31(24)29(22)23)17-11-12-21-27(16-17)32-26-10-5-13-30-28(21)26/h1-16H. The minimum atomic E-state index is 0.825. The van der Waals surface area contributed by atoms with E-state index in [4.69, 9.17) is 4.42 Å². The number of rotatable bonds is 1. The van der Waals surface area contributed by atoms with Crippen molar-refractivity contribution in [3.63, 3.8) is 0 Å². The van der Waals surface area contributed by atoms with Crippen LogP contribution in [-0.2, 0) is 0 Å². The average molecular weight is 408 g/mol. The molecule has 0 amide bonds. The summed E-state index contributed by atoms with van der Waals surface area (Å²) in [5, 5.41) is 6.20. The lowest BCUT2D eigenvalue weighted by molar-refractivity contribution is 0.668. The highest BCUT2D eigenvalue weighted by Crippen LogP contribution is 2.42. The van der Waals surface area contributed by atoms with Crippen molar-refractivity contribution >= 4 is 60.2 Å². The number of hydrogen-bond donors (Lipinski definition) is 0. The van der Waals surface area contributed by atoms with Crippen molar-refractivity contribution in [1.82, 2.24) is 9.38 Å². The molecule has 0 bridgehead atoms. The molecule has 0 aliphatic carbocycles. The summed E-state index contributed by atoms with van der Waals surface area (Å²) in [7, 11) is 0. The van der Waals surface area contributed by atoms with Crippen molar-refractivity contribution in [2.24, 2.45) is 0 Å². The van der Waals surface area contributed by atoms with Crippen LogP contribution < -0.4 is 0 Å². The number of nitrogens with zero attached hydrogens (tertiary/aromatic N) is 2. The van der Waals surface area contributed by atoms with Gasteiger partial charge in [-0.15, -0.1) is 0 Å². The smallest absolute Gasteiger partial charge is 0.153 e. The van der Waals surface area contributed by atoms with Gasteiger partial charge in [-0.1, -0.05) is 42.5 Å². The van der Waals surface area contributed by atoms with Crippen molar-refractivity contribution in [2.45, 2.75) is 0 Å². The molecule has 3 heteroatoms. The molecule has 8 aromatic rings. The maximum Gasteiger partial charge on any atom is 0.153 e. The largest absolute Gasteiger partial charge is 0.454 e. The average Bonchev–Trinajstić information content (AvgIpc) is 3.49. The van der Waals surface area contributed by atoms with Gasteiger partial charge in [0.05, 0.1) is 16.6 Å². The van der Waals surface area contributed by atoms with Crippen LogP contribution >= 0.6 is 0 Å². The van der Waals surface area contributed by atoms with Gasteiger partial charge in [-0.2, -0.15) is 0 Å². The Bertz CT molecular complexity index is 1910. The fraction of sp³-hybridized carbons (Fsp3) is 0. The summed E-state index contributed by atoms with van der Waals surface area (Å²) in [6.07, 6.45) is 1.81. The number of benzene rings is 4. The van der Waals surface area contributed by atoms with Gasteiger partial charge >= 0.3 is 0 Å². The van der Waals surface area contributed by atoms with E-state index in [0.29, 0.717) is 0 Å². The lowest BCUT2D eigenvalue weighted by atomic mass is 9.99. The van der Waals surface area contributed by atoms with Gasteiger partial charge in [0, 0.05) is 33.1 Å². The summed E-state index contributed by atoms with van der Waals surface area (Å²) in [6.45, 7) is 0. The number of fused-ring (bicyclic) bond motifs is 9. The summed E-state index contributed by atoms with van der Waals surface area (Å²) in [4.78, 5) is 4.50. The van der Waals surface area contributed by atoms with E-state index in [-0.39, 0.29) is 0 Å². The van der Waals surface area contributed by atoms with Crippen LogP contribution in [0.1, 0.15) is 0 Å². The highest BCUT2D eigenvalue weighted by atomic mass is 16.3. The van der Waals surface area contributed by atoms with E-state index in [2.05, 4.69) is 88.2 Å². The lowest BCUT2D eigenvalue weighted by Crippen LogP contribution is -1.80. The van der Waals surface area contributed by atoms with Crippen LogP contribution in [0, 0.1) is 0 Å². The first-order valence-electron chi connectivity index (χ1n) is 10.8. The predicted octanol–water partition coefficient (Wildman–Crippen LogP) is 7.80. The SMILES string of the molecule is c1cnc2c(c1)oc1cc(-c3cc4c5ccccc5n5c6ccccc6c(c3)c45)ccc12. The summed E-state index contributed by atoms with van der Waals surface area (Å²) in [5.74, 6) is 0. The van der Waals surface area contributed by atoms with Crippen LogP contribution in [0.15, 0.2) is 102 Å². The molecule has 0 aliphatic heterocycles. The molecular formula is C29H16N2O. The van der Waals surface area contributed by atoms with Gasteiger partial charge in [0.1, 0.15) is 11.1 Å². The highest BCUT2D eigenvalue weighted by molar-refractivity contribution is 6.24. The third-order valence-corrected chi connectivity index (χ3v) is 6.76. The Kier molecular flexibility index (Phi) is 2.89. The van der Waals surface area contributed by atoms with Crippen LogP contribution in [0.25, 0.3) is 71.3 Å². The zero-order valence-corrected chi connectivity index (χ0v) is 17.0. The Morgan fingerprint density at radius 2 is 1.28 bits per heavy atom. The maximum absolute atomic E-state index is 6.11. The van der Waals surface area contributed by atoms with Crippen molar-refractivity contribution in [1.29, 1.82) is 0 Å². The van der Waals surface area contributed by atoms with Gasteiger partial charge in [0.2, 0.25) is 0 Å². The van der Waals surface area contributed by atoms with Gasteiger partial charge in [0.25, 0.3) is 0 Å². The summed E-state index contributed by atoms with van der Waals surface area (Å²) < 4.78 is 8.52. The van der Waals surface area contributed by atoms with Crippen molar-refractivity contribution in [3.8, 4) is 11.1 Å². The van der Waals surface area contributed by atoms with Gasteiger partial charge in [0.15, 0.2) is 5.58 Å². The first kappa shape index (κ1) is 16.3. The first-order chi connectivity index (χ1) is 15.9. The van der Waals surface area contributed by atoms with E-state index in [9.17, 15) is 0 Å². The Morgan fingerprint density at radius 1 is 0.562 bits per heavy atom. The monoisotopic (exact) mass is 408 g/mol. The van der Waals surface area contributed by atoms with E-state index >= 15 is 0 Å². The van der Waals surface area contributed by atoms with E-state index in [1.807, 2.05) is 18.3 Å². The van der Waals surface area contributed by atoms with Crippen LogP contribution in [0.5, 0.6) is 0 Å². The van der Waals surface area contributed by atoms with Crippen molar-refractivity contribution in [3.05, 3.63) is 97.2 Å². The zero-order valence-electron chi connectivity index (χ0n) is 17.0. The molecule has 0 spiro atoms. The number of hydrogen-bond acceptors (Lipinski definition) is 2. The molecule has 0 radical (unpaired) electrons. The molecule has 3 nitrogen and oxygen atoms in total. The highest BCUT2D eigenvalue weighted by Gasteiger charge is 2.18. The quantitative estimate of drug-likeness (QED) is 0.277. The number of aromatic nitrogens is 2. The molecule has 4 aromatic heterocycles. The fourth-order valence-electron chi connectivity index (χ4n) is 5.39. The van der Waals surface area contributed by atoms with Crippen molar-refractivity contribution in [2.75, 3.05) is 0 Å². The molecular weight excluding hydrogens is 392 g/mol. The molecule has 4 aromatic carbocycles. The number of pyridine rings is 1. The predicted molar refractivity (Wildman–Crippen MR) is 132 cm³/mol. The van der Waals surface area contributed by atoms with E-state index in [0.717, 1.165) is 27.6 Å². The van der Waals surface area contributed by atoms with Crippen LogP contribution in [0.2, 0.25) is 0 Å². The zero-order chi connectivity index (χ0) is 20.8. The van der Waals surface area contributed by atoms with E-state index in [1.165, 1.54) is 43.7 Å². The lowest BCUT2D eigenvalue weighted by Gasteiger charge is -2.04. The molecule has 0 saturated heterocycles.